The Hall–Kier alpha value is -2.10. The molecule has 0 saturated carbocycles. The average molecular weight is 311 g/mol. The third kappa shape index (κ3) is 3.32. The van der Waals surface area contributed by atoms with Crippen LogP contribution in [0, 0.1) is 0 Å². The molecular weight excluding hydrogens is 294 g/mol. The second-order valence-corrected chi connectivity index (χ2v) is 6.54. The van der Waals surface area contributed by atoms with Crippen molar-refractivity contribution in [1.29, 1.82) is 0 Å². The number of sulfonamides is 1. The number of hydrogen-bond donors (Lipinski definition) is 4. The molecule has 1 aromatic carbocycles. The summed E-state index contributed by atoms with van der Waals surface area (Å²) in [5, 5.41) is 1.26. The Balaban J connectivity index is 2.23. The van der Waals surface area contributed by atoms with E-state index in [1.807, 2.05) is 0 Å². The molecule has 1 atom stereocenters. The lowest BCUT2D eigenvalue weighted by atomic mass is 10.00. The Morgan fingerprint density at radius 1 is 1.38 bits per heavy atom. The van der Waals surface area contributed by atoms with E-state index in [-0.39, 0.29) is 5.75 Å². The highest BCUT2D eigenvalue weighted by Crippen LogP contribution is 2.29. The van der Waals surface area contributed by atoms with Crippen molar-refractivity contribution in [3.05, 3.63) is 41.6 Å². The van der Waals surface area contributed by atoms with Crippen molar-refractivity contribution in [3.63, 3.8) is 0 Å². The van der Waals surface area contributed by atoms with E-state index in [1.54, 1.807) is 31.2 Å². The van der Waals surface area contributed by atoms with Crippen molar-refractivity contribution >= 4 is 21.6 Å². The summed E-state index contributed by atoms with van der Waals surface area (Å²) in [7, 11) is -3.32. The van der Waals surface area contributed by atoms with Crippen LogP contribution in [0.3, 0.4) is 0 Å². The summed E-state index contributed by atoms with van der Waals surface area (Å²) >= 11 is 0. The maximum absolute atomic E-state index is 11.5. The molecule has 0 radical (unpaired) electrons. The number of nitrogens with one attached hydrogen (secondary N) is 2. The van der Waals surface area contributed by atoms with E-state index in [2.05, 4.69) is 10.1 Å². The molecule has 8 nitrogen and oxygen atoms in total. The molecule has 9 heteroatoms. The molecule has 1 aliphatic rings. The normalized spacial score (nSPS) is 19.0. The number of rotatable bonds is 5. The number of primary amides is 1. The topological polar surface area (TPSA) is 131 Å². The summed E-state index contributed by atoms with van der Waals surface area (Å²) < 4.78 is 25.4. The Morgan fingerprint density at radius 2 is 2.00 bits per heavy atom. The molecule has 0 fully saturated rings. The number of hydrogen-bond acceptors (Lipinski definition) is 6. The molecule has 0 aromatic heterocycles. The van der Waals surface area contributed by atoms with Crippen LogP contribution in [-0.4, -0.2) is 25.2 Å². The van der Waals surface area contributed by atoms with Gasteiger partial charge in [0.2, 0.25) is 15.9 Å². The minimum atomic E-state index is -3.32. The standard InChI is InChI=1S/C12H17N5O3S/c1-2-21(19,20)16-9-5-3-8(4-6-9)11-10(12(13)18)7-15-17(11)14/h3-7,11,15-16H,2,14H2,1H3,(H2,13,18). The van der Waals surface area contributed by atoms with E-state index in [0.29, 0.717) is 16.8 Å². The van der Waals surface area contributed by atoms with Gasteiger partial charge < -0.3 is 11.2 Å². The highest BCUT2D eigenvalue weighted by molar-refractivity contribution is 7.92. The van der Waals surface area contributed by atoms with E-state index < -0.39 is 22.0 Å². The molecule has 1 amide bonds. The lowest BCUT2D eigenvalue weighted by Gasteiger charge is -2.21. The summed E-state index contributed by atoms with van der Waals surface area (Å²) in [6, 6.07) is 6.06. The molecule has 0 saturated heterocycles. The zero-order chi connectivity index (χ0) is 15.6. The Bertz CT molecular complexity index is 669. The van der Waals surface area contributed by atoms with Crippen LogP contribution in [0.15, 0.2) is 36.0 Å². The predicted octanol–water partition coefficient (Wildman–Crippen LogP) is -0.448. The van der Waals surface area contributed by atoms with E-state index in [1.165, 1.54) is 11.3 Å². The van der Waals surface area contributed by atoms with E-state index >= 15 is 0 Å². The van der Waals surface area contributed by atoms with Gasteiger partial charge in [-0.05, 0) is 24.6 Å². The molecule has 1 aliphatic heterocycles. The first-order chi connectivity index (χ1) is 9.84. The lowest BCUT2D eigenvalue weighted by Crippen LogP contribution is -2.40. The van der Waals surface area contributed by atoms with Crippen LogP contribution < -0.4 is 21.7 Å². The summed E-state index contributed by atoms with van der Waals surface area (Å²) in [5.41, 5.74) is 9.49. The summed E-state index contributed by atoms with van der Waals surface area (Å²) in [6.07, 6.45) is 1.45. The number of hydrazine groups is 2. The van der Waals surface area contributed by atoms with Crippen LogP contribution >= 0.6 is 0 Å². The summed E-state index contributed by atoms with van der Waals surface area (Å²) in [6.45, 7) is 1.55. The molecule has 0 aliphatic carbocycles. The number of nitrogens with two attached hydrogens (primary N) is 2. The lowest BCUT2D eigenvalue weighted by molar-refractivity contribution is -0.115. The Kier molecular flexibility index (Phi) is 4.16. The van der Waals surface area contributed by atoms with Crippen LogP contribution in [0.5, 0.6) is 0 Å². The molecule has 6 N–H and O–H groups in total. The minimum absolute atomic E-state index is 0.00750. The van der Waals surface area contributed by atoms with Gasteiger partial charge in [0.15, 0.2) is 0 Å². The van der Waals surface area contributed by atoms with Crippen molar-refractivity contribution in [2.45, 2.75) is 13.0 Å². The molecule has 0 bridgehead atoms. The third-order valence-corrected chi connectivity index (χ3v) is 4.41. The van der Waals surface area contributed by atoms with Crippen LogP contribution in [-0.2, 0) is 14.8 Å². The largest absolute Gasteiger partial charge is 0.366 e. The fourth-order valence-corrected chi connectivity index (χ4v) is 2.62. The van der Waals surface area contributed by atoms with Crippen molar-refractivity contribution in [1.82, 2.24) is 10.5 Å². The maximum atomic E-state index is 11.5. The highest BCUT2D eigenvalue weighted by Gasteiger charge is 2.30. The number of anilines is 1. The first-order valence-electron chi connectivity index (χ1n) is 6.24. The van der Waals surface area contributed by atoms with Crippen molar-refractivity contribution in [3.8, 4) is 0 Å². The zero-order valence-electron chi connectivity index (χ0n) is 11.4. The van der Waals surface area contributed by atoms with Crippen molar-refractivity contribution in [2.24, 2.45) is 11.6 Å². The van der Waals surface area contributed by atoms with Gasteiger partial charge in [-0.1, -0.05) is 12.1 Å². The van der Waals surface area contributed by atoms with Gasteiger partial charge in [-0.15, -0.1) is 5.12 Å². The smallest absolute Gasteiger partial charge is 0.248 e. The van der Waals surface area contributed by atoms with Gasteiger partial charge in [-0.25, -0.2) is 14.3 Å². The minimum Gasteiger partial charge on any atom is -0.366 e. The van der Waals surface area contributed by atoms with E-state index in [9.17, 15) is 13.2 Å². The fourth-order valence-electron chi connectivity index (χ4n) is 1.98. The quantitative estimate of drug-likeness (QED) is 0.545. The van der Waals surface area contributed by atoms with Gasteiger partial charge in [0.1, 0.15) is 6.04 Å². The SMILES string of the molecule is CCS(=O)(=O)Nc1ccc(C2C(C(N)=O)=CNN2N)cc1. The molecule has 1 unspecified atom stereocenters. The molecule has 1 aromatic rings. The number of nitrogens with zero attached hydrogens (tertiary/aromatic N) is 1. The zero-order valence-corrected chi connectivity index (χ0v) is 12.2. The highest BCUT2D eigenvalue weighted by atomic mass is 32.2. The summed E-state index contributed by atoms with van der Waals surface area (Å²) in [4.78, 5) is 11.4. The van der Waals surface area contributed by atoms with Gasteiger partial charge in [0, 0.05) is 11.9 Å². The summed E-state index contributed by atoms with van der Waals surface area (Å²) in [5.74, 6) is 5.17. The van der Waals surface area contributed by atoms with Gasteiger partial charge in [-0.3, -0.25) is 9.52 Å². The maximum Gasteiger partial charge on any atom is 0.248 e. The number of amides is 1. The van der Waals surface area contributed by atoms with Crippen LogP contribution in [0.2, 0.25) is 0 Å². The predicted molar refractivity (Wildman–Crippen MR) is 78.7 cm³/mol. The fraction of sp³-hybridized carbons (Fsp3) is 0.250. The van der Waals surface area contributed by atoms with Gasteiger partial charge in [-0.2, -0.15) is 0 Å². The van der Waals surface area contributed by atoms with E-state index in [4.69, 9.17) is 11.6 Å². The number of carbonyl (C=O) groups excluding carboxylic acids is 1. The van der Waals surface area contributed by atoms with Crippen molar-refractivity contribution in [2.75, 3.05) is 10.5 Å². The molecule has 21 heavy (non-hydrogen) atoms. The first kappa shape index (κ1) is 15.3. The molecule has 2 rings (SSSR count). The second-order valence-electron chi connectivity index (χ2n) is 4.53. The Labute approximate surface area is 122 Å². The molecule has 1 heterocycles. The van der Waals surface area contributed by atoms with Crippen LogP contribution in [0.25, 0.3) is 0 Å². The first-order valence-corrected chi connectivity index (χ1v) is 7.89. The van der Waals surface area contributed by atoms with Gasteiger partial charge >= 0.3 is 0 Å². The van der Waals surface area contributed by atoms with Gasteiger partial charge in [0.05, 0.1) is 11.3 Å². The van der Waals surface area contributed by atoms with Crippen LogP contribution in [0.4, 0.5) is 5.69 Å². The Morgan fingerprint density at radius 3 is 2.52 bits per heavy atom. The molecule has 0 spiro atoms. The van der Waals surface area contributed by atoms with E-state index in [0.717, 1.165) is 0 Å². The average Bonchev–Trinajstić information content (AvgIpc) is 2.81. The second kappa shape index (κ2) is 5.72. The number of benzene rings is 1. The monoisotopic (exact) mass is 311 g/mol. The van der Waals surface area contributed by atoms with Gasteiger partial charge in [0.25, 0.3) is 0 Å². The molecular formula is C12H17N5O3S. The third-order valence-electron chi connectivity index (χ3n) is 3.11. The number of carbonyl (C=O) groups is 1. The van der Waals surface area contributed by atoms with Crippen molar-refractivity contribution < 1.29 is 13.2 Å². The van der Waals surface area contributed by atoms with Crippen LogP contribution in [0.1, 0.15) is 18.5 Å². The molecule has 114 valence electrons.